The van der Waals surface area contributed by atoms with Crippen molar-refractivity contribution >= 4 is 21.6 Å². The van der Waals surface area contributed by atoms with Gasteiger partial charge in [-0.05, 0) is 23.3 Å². The molecule has 8 nitrogen and oxygen atoms in total. The minimum atomic E-state index is -0.655. The number of aliphatic hydroxyl groups is 1. The Kier molecular flexibility index (Phi) is 8.14. The van der Waals surface area contributed by atoms with Gasteiger partial charge in [0.2, 0.25) is 0 Å². The summed E-state index contributed by atoms with van der Waals surface area (Å²) in [7, 11) is 4.73. The highest BCUT2D eigenvalue weighted by Gasteiger charge is 2.18. The largest absolute Gasteiger partial charge is 0.493 e. The number of aromatic nitrogens is 2. The van der Waals surface area contributed by atoms with Crippen LogP contribution >= 0.6 is 11.3 Å². The summed E-state index contributed by atoms with van der Waals surface area (Å²) in [6, 6.07) is 15.6. The van der Waals surface area contributed by atoms with E-state index in [1.165, 1.54) is 11.3 Å². The van der Waals surface area contributed by atoms with Gasteiger partial charge >= 0.3 is 0 Å². The highest BCUT2D eigenvalue weighted by Crippen LogP contribution is 2.36. The first-order valence-corrected chi connectivity index (χ1v) is 12.1. The number of hydrogen-bond acceptors (Lipinski definition) is 8. The van der Waals surface area contributed by atoms with Crippen molar-refractivity contribution in [2.24, 2.45) is 0 Å². The monoisotopic (exact) mass is 495 g/mol. The Balaban J connectivity index is 1.64. The van der Waals surface area contributed by atoms with Gasteiger partial charge in [-0.1, -0.05) is 36.4 Å². The Morgan fingerprint density at radius 1 is 1.06 bits per heavy atom. The summed E-state index contributed by atoms with van der Waals surface area (Å²) >= 11 is 1.42. The number of nitrogens with zero attached hydrogens (tertiary/aromatic N) is 2. The molecule has 0 saturated heterocycles. The summed E-state index contributed by atoms with van der Waals surface area (Å²) in [6.45, 7) is 1.59. The minimum Gasteiger partial charge on any atom is -0.493 e. The average molecular weight is 496 g/mol. The van der Waals surface area contributed by atoms with Crippen molar-refractivity contribution in [3.8, 4) is 22.6 Å². The normalized spacial score (nSPS) is 12.3. The van der Waals surface area contributed by atoms with Crippen molar-refractivity contribution in [3.05, 3.63) is 75.7 Å². The van der Waals surface area contributed by atoms with Crippen molar-refractivity contribution in [3.63, 3.8) is 0 Å². The molecule has 0 fully saturated rings. The van der Waals surface area contributed by atoms with Crippen LogP contribution in [0.25, 0.3) is 21.3 Å². The van der Waals surface area contributed by atoms with Crippen LogP contribution in [0.15, 0.2) is 58.7 Å². The summed E-state index contributed by atoms with van der Waals surface area (Å²) in [4.78, 5) is 23.6. The maximum absolute atomic E-state index is 13.2. The molecule has 1 atom stereocenters. The third-order valence-electron chi connectivity index (χ3n) is 5.64. The maximum Gasteiger partial charge on any atom is 0.260 e. The zero-order chi connectivity index (χ0) is 24.8. The molecule has 184 valence electrons. The van der Waals surface area contributed by atoms with E-state index in [1.807, 2.05) is 58.8 Å². The minimum absolute atomic E-state index is 0.201. The van der Waals surface area contributed by atoms with E-state index in [0.717, 1.165) is 16.7 Å². The molecule has 0 amide bonds. The van der Waals surface area contributed by atoms with Crippen molar-refractivity contribution < 1.29 is 19.3 Å². The van der Waals surface area contributed by atoms with Crippen LogP contribution < -0.4 is 15.0 Å². The highest BCUT2D eigenvalue weighted by molar-refractivity contribution is 7.17. The van der Waals surface area contributed by atoms with E-state index >= 15 is 0 Å². The molecular weight excluding hydrogens is 466 g/mol. The number of aromatic amines is 1. The number of nitrogens with one attached hydrogen (secondary N) is 1. The number of H-pyrrole nitrogens is 1. The molecule has 2 N–H and O–H groups in total. The van der Waals surface area contributed by atoms with E-state index in [1.54, 1.807) is 21.3 Å². The second kappa shape index (κ2) is 11.5. The van der Waals surface area contributed by atoms with E-state index in [-0.39, 0.29) is 12.2 Å². The van der Waals surface area contributed by atoms with E-state index in [0.29, 0.717) is 47.2 Å². The van der Waals surface area contributed by atoms with Gasteiger partial charge in [-0.15, -0.1) is 11.3 Å². The van der Waals surface area contributed by atoms with E-state index in [9.17, 15) is 9.90 Å². The molecule has 9 heteroatoms. The third kappa shape index (κ3) is 5.88. The van der Waals surface area contributed by atoms with E-state index in [4.69, 9.17) is 19.2 Å². The molecule has 0 aliphatic carbocycles. The number of rotatable bonds is 11. The Bertz CT molecular complexity index is 1320. The van der Waals surface area contributed by atoms with Gasteiger partial charge in [-0.2, -0.15) is 0 Å². The molecule has 2 heterocycles. The Hall–Kier alpha value is -3.24. The fourth-order valence-electron chi connectivity index (χ4n) is 4.07. The fourth-order valence-corrected chi connectivity index (χ4v) is 5.03. The van der Waals surface area contributed by atoms with Crippen LogP contribution in [0.5, 0.6) is 11.5 Å². The van der Waals surface area contributed by atoms with Crippen LogP contribution in [0, 0.1) is 0 Å². The number of hydrogen-bond donors (Lipinski definition) is 2. The van der Waals surface area contributed by atoms with Gasteiger partial charge in [0.05, 0.1) is 38.9 Å². The molecule has 4 rings (SSSR count). The number of aliphatic hydroxyl groups excluding tert-OH is 1. The molecule has 2 aromatic carbocycles. The summed E-state index contributed by atoms with van der Waals surface area (Å²) in [5.74, 6) is 1.76. The van der Waals surface area contributed by atoms with E-state index in [2.05, 4.69) is 4.98 Å². The van der Waals surface area contributed by atoms with Crippen LogP contribution in [-0.2, 0) is 17.8 Å². The van der Waals surface area contributed by atoms with Crippen LogP contribution in [0.3, 0.4) is 0 Å². The lowest BCUT2D eigenvalue weighted by Gasteiger charge is -2.24. The van der Waals surface area contributed by atoms with Crippen LogP contribution in [0.1, 0.15) is 11.4 Å². The Labute approximate surface area is 207 Å². The van der Waals surface area contributed by atoms with Crippen molar-refractivity contribution in [1.82, 2.24) is 14.9 Å². The zero-order valence-electron chi connectivity index (χ0n) is 20.0. The first kappa shape index (κ1) is 24.9. The quantitative estimate of drug-likeness (QED) is 0.328. The Morgan fingerprint density at radius 3 is 2.54 bits per heavy atom. The average Bonchev–Trinajstić information content (AvgIpc) is 3.29. The van der Waals surface area contributed by atoms with Gasteiger partial charge in [0, 0.05) is 31.1 Å². The van der Waals surface area contributed by atoms with E-state index < -0.39 is 6.10 Å². The molecule has 0 unspecified atom stereocenters. The third-order valence-corrected chi connectivity index (χ3v) is 6.51. The van der Waals surface area contributed by atoms with Gasteiger partial charge in [0.25, 0.3) is 5.56 Å². The number of benzene rings is 2. The van der Waals surface area contributed by atoms with Gasteiger partial charge in [-0.3, -0.25) is 9.69 Å². The second-order valence-corrected chi connectivity index (χ2v) is 9.03. The number of fused-ring (bicyclic) bond motifs is 1. The maximum atomic E-state index is 13.2. The van der Waals surface area contributed by atoms with Crippen LogP contribution in [-0.4, -0.2) is 60.6 Å². The Morgan fingerprint density at radius 2 is 1.83 bits per heavy atom. The predicted octanol–water partition coefficient (Wildman–Crippen LogP) is 3.68. The molecule has 0 spiro atoms. The first-order valence-electron chi connectivity index (χ1n) is 11.2. The lowest BCUT2D eigenvalue weighted by atomic mass is 10.1. The molecule has 4 aromatic rings. The standard InChI is InChI=1S/C26H29N3O5S/c1-32-15-19(30)13-29(12-17-7-5-4-6-8-17)14-23-27-25(31)24-20(16-35-26(24)28-23)18-9-10-21(33-2)22(11-18)34-3/h4-11,16,19,30H,12-15H2,1-3H3,(H,27,28,31)/t19-/m0/s1. The molecule has 0 bridgehead atoms. The number of ether oxygens (including phenoxy) is 3. The molecule has 0 aliphatic heterocycles. The first-order chi connectivity index (χ1) is 17.0. The SMILES string of the molecule is COC[C@@H](O)CN(Cc1ccccc1)Cc1nc2scc(-c3ccc(OC)c(OC)c3)c2c(=O)[nH]1. The fraction of sp³-hybridized carbons (Fsp3) is 0.308. The molecule has 0 saturated carbocycles. The van der Waals surface area contributed by atoms with Crippen LogP contribution in [0.2, 0.25) is 0 Å². The molecule has 0 radical (unpaired) electrons. The van der Waals surface area contributed by atoms with Gasteiger partial charge in [0.1, 0.15) is 10.7 Å². The highest BCUT2D eigenvalue weighted by atomic mass is 32.1. The number of thiophene rings is 1. The second-order valence-electron chi connectivity index (χ2n) is 8.18. The van der Waals surface area contributed by atoms with Gasteiger partial charge in [0.15, 0.2) is 11.5 Å². The van der Waals surface area contributed by atoms with Crippen LogP contribution in [0.4, 0.5) is 0 Å². The lowest BCUT2D eigenvalue weighted by Crippen LogP contribution is -2.35. The molecule has 0 aliphatic rings. The van der Waals surface area contributed by atoms with Gasteiger partial charge in [-0.25, -0.2) is 4.98 Å². The summed E-state index contributed by atoms with van der Waals surface area (Å²) in [6.07, 6.45) is -0.655. The zero-order valence-corrected chi connectivity index (χ0v) is 20.8. The predicted molar refractivity (Wildman–Crippen MR) is 137 cm³/mol. The molecular formula is C26H29N3O5S. The summed E-state index contributed by atoms with van der Waals surface area (Å²) in [5, 5.41) is 12.8. The molecule has 2 aromatic heterocycles. The van der Waals surface area contributed by atoms with Gasteiger partial charge < -0.3 is 24.3 Å². The van der Waals surface area contributed by atoms with Crippen molar-refractivity contribution in [1.29, 1.82) is 0 Å². The van der Waals surface area contributed by atoms with Crippen molar-refractivity contribution in [2.75, 3.05) is 34.5 Å². The van der Waals surface area contributed by atoms with Crippen molar-refractivity contribution in [2.45, 2.75) is 19.2 Å². The smallest absolute Gasteiger partial charge is 0.260 e. The lowest BCUT2D eigenvalue weighted by molar-refractivity contribution is 0.0332. The topological polar surface area (TPSA) is 96.9 Å². The number of methoxy groups -OCH3 is 3. The molecule has 35 heavy (non-hydrogen) atoms. The summed E-state index contributed by atoms with van der Waals surface area (Å²) in [5.41, 5.74) is 2.55. The summed E-state index contributed by atoms with van der Waals surface area (Å²) < 4.78 is 15.8.